The second kappa shape index (κ2) is 15.4. The lowest BCUT2D eigenvalue weighted by molar-refractivity contribution is -0.309. The lowest BCUT2D eigenvalue weighted by Gasteiger charge is -2.48. The highest BCUT2D eigenvalue weighted by molar-refractivity contribution is 7.99. The van der Waals surface area contributed by atoms with E-state index in [-0.39, 0.29) is 19.4 Å². The molecule has 0 aromatic carbocycles. The van der Waals surface area contributed by atoms with Crippen LogP contribution in [-0.4, -0.2) is 143 Å². The van der Waals surface area contributed by atoms with Gasteiger partial charge in [0.1, 0.15) is 24.4 Å². The van der Waals surface area contributed by atoms with E-state index in [1.807, 2.05) is 0 Å². The van der Waals surface area contributed by atoms with Gasteiger partial charge in [-0.15, -0.1) is 0 Å². The summed E-state index contributed by atoms with van der Waals surface area (Å²) >= 11 is 5.59. The van der Waals surface area contributed by atoms with Crippen LogP contribution in [0, 0.1) is 0 Å². The average Bonchev–Trinajstić information content (AvgIpc) is 2.88. The van der Waals surface area contributed by atoms with E-state index in [4.69, 9.17) is 52.4 Å². The number of rotatable bonds is 12. The van der Waals surface area contributed by atoms with Gasteiger partial charge in [0.15, 0.2) is 12.6 Å². The third-order valence-electron chi connectivity index (χ3n) is 7.12. The van der Waals surface area contributed by atoms with Crippen molar-refractivity contribution in [2.24, 2.45) is 28.7 Å². The Hall–Kier alpha value is 0.140. The lowest BCUT2D eigenvalue weighted by atomic mass is 9.84. The number of nitrogens with two attached hydrogens (primary N) is 5. The molecule has 224 valence electrons. The Bertz CT molecular complexity index is 710. The summed E-state index contributed by atoms with van der Waals surface area (Å²) in [6.45, 7) is 1.13. The summed E-state index contributed by atoms with van der Waals surface area (Å²) < 4.78 is 28.9. The van der Waals surface area contributed by atoms with Crippen LogP contribution in [-0.2, 0) is 23.7 Å². The third-order valence-corrected chi connectivity index (χ3v) is 8.33. The van der Waals surface area contributed by atoms with Gasteiger partial charge in [0.25, 0.3) is 0 Å². The molecule has 14 nitrogen and oxygen atoms in total. The molecule has 1 saturated carbocycles. The molecule has 2 heterocycles. The minimum Gasteiger partial charge on any atom is -0.390 e. The highest BCUT2D eigenvalue weighted by atomic mass is 32.2. The van der Waals surface area contributed by atoms with Crippen molar-refractivity contribution < 1.29 is 44.1 Å². The summed E-state index contributed by atoms with van der Waals surface area (Å²) in [5.41, 5.74) is 30.4. The molecular formula is C22H45N5O9S2. The molecule has 0 aromatic heterocycles. The van der Waals surface area contributed by atoms with Crippen LogP contribution in [0.2, 0.25) is 0 Å². The van der Waals surface area contributed by atoms with E-state index < -0.39 is 85.6 Å². The average molecular weight is 588 g/mol. The van der Waals surface area contributed by atoms with Gasteiger partial charge in [-0.2, -0.15) is 24.4 Å². The standard InChI is InChI=1S/C22H45N5O9S2/c23-7-13-12(28)6-11(26)21(33-13)35-19-9(24)5-10(25)20(18(19)31)36-22-17(30)15(27)16(29)14(34-22)8-38-4-2-32-1-3-37/h9-22,28-31,37H,1-8,23-27H2/t9-,10+,11+,12?,13+,14?,15-,16+,17?,18?,19?,20-,21+,22+/m0/s1. The summed E-state index contributed by atoms with van der Waals surface area (Å²) in [5.74, 6) is 1.68. The molecule has 2 aliphatic heterocycles. The van der Waals surface area contributed by atoms with Gasteiger partial charge in [0, 0.05) is 35.9 Å². The molecule has 5 unspecified atom stereocenters. The Balaban J connectivity index is 1.62. The zero-order chi connectivity index (χ0) is 28.0. The maximum Gasteiger partial charge on any atom is 0.186 e. The van der Waals surface area contributed by atoms with Gasteiger partial charge in [-0.25, -0.2) is 0 Å². The number of thiol groups is 1. The van der Waals surface area contributed by atoms with Gasteiger partial charge in [0.2, 0.25) is 0 Å². The largest absolute Gasteiger partial charge is 0.390 e. The van der Waals surface area contributed by atoms with E-state index in [0.29, 0.717) is 30.5 Å². The van der Waals surface area contributed by atoms with Gasteiger partial charge in [-0.1, -0.05) is 0 Å². The van der Waals surface area contributed by atoms with Crippen molar-refractivity contribution in [3.8, 4) is 0 Å². The highest BCUT2D eigenvalue weighted by Crippen LogP contribution is 2.31. The van der Waals surface area contributed by atoms with Crippen LogP contribution < -0.4 is 28.7 Å². The predicted molar refractivity (Wildman–Crippen MR) is 143 cm³/mol. The Labute approximate surface area is 232 Å². The lowest BCUT2D eigenvalue weighted by Crippen LogP contribution is -2.68. The number of hydrogen-bond donors (Lipinski definition) is 10. The van der Waals surface area contributed by atoms with Crippen LogP contribution in [0.25, 0.3) is 0 Å². The van der Waals surface area contributed by atoms with Gasteiger partial charge in [-0.3, -0.25) is 0 Å². The predicted octanol–water partition coefficient (Wildman–Crippen LogP) is -4.61. The second-order valence-corrected chi connectivity index (χ2v) is 11.6. The molecule has 16 heteroatoms. The van der Waals surface area contributed by atoms with Crippen molar-refractivity contribution in [2.75, 3.05) is 37.0 Å². The monoisotopic (exact) mass is 587 g/mol. The summed E-state index contributed by atoms with van der Waals surface area (Å²) in [5, 5.41) is 42.5. The number of aliphatic hydroxyl groups is 4. The normalized spacial score (nSPS) is 46.3. The van der Waals surface area contributed by atoms with Gasteiger partial charge in [0.05, 0.1) is 49.7 Å². The van der Waals surface area contributed by atoms with Crippen molar-refractivity contribution in [3.05, 3.63) is 0 Å². The first-order valence-corrected chi connectivity index (χ1v) is 14.7. The van der Waals surface area contributed by atoms with Gasteiger partial charge in [-0.05, 0) is 12.8 Å². The van der Waals surface area contributed by atoms with E-state index >= 15 is 0 Å². The minimum absolute atomic E-state index is 0.0643. The number of hydrogen-bond acceptors (Lipinski definition) is 16. The number of ether oxygens (including phenoxy) is 5. The molecule has 14 atom stereocenters. The Morgan fingerprint density at radius 2 is 1.42 bits per heavy atom. The fourth-order valence-electron chi connectivity index (χ4n) is 4.90. The van der Waals surface area contributed by atoms with Crippen LogP contribution in [0.1, 0.15) is 12.8 Å². The first kappa shape index (κ1) is 32.7. The first-order valence-electron chi connectivity index (χ1n) is 12.9. The molecule has 38 heavy (non-hydrogen) atoms. The number of thioether (sulfide) groups is 1. The van der Waals surface area contributed by atoms with E-state index in [1.54, 1.807) is 0 Å². The quantitative estimate of drug-likeness (QED) is 0.0761. The van der Waals surface area contributed by atoms with E-state index in [9.17, 15) is 20.4 Å². The van der Waals surface area contributed by atoms with Crippen LogP contribution in [0.5, 0.6) is 0 Å². The molecule has 0 amide bonds. The van der Waals surface area contributed by atoms with Crippen molar-refractivity contribution in [1.29, 1.82) is 0 Å². The molecule has 3 aliphatic rings. The SMILES string of the molecule is NC[C@H]1O[C@H](OC2C(O)[C@@H](O[C@H]3OC(CSCCOCCS)[C@@H](O)[C@H](N)C3O)[C@H](N)C[C@@H]2N)[C@H](N)CC1O. The molecule has 0 aromatic rings. The molecule has 0 spiro atoms. The maximum absolute atomic E-state index is 11.2. The van der Waals surface area contributed by atoms with Crippen molar-refractivity contribution in [1.82, 2.24) is 0 Å². The zero-order valence-electron chi connectivity index (χ0n) is 21.3. The van der Waals surface area contributed by atoms with E-state index in [0.717, 1.165) is 0 Å². The summed E-state index contributed by atoms with van der Waals surface area (Å²) in [7, 11) is 0. The van der Waals surface area contributed by atoms with Gasteiger partial charge < -0.3 is 72.8 Å². The van der Waals surface area contributed by atoms with Crippen LogP contribution in [0.4, 0.5) is 0 Å². The molecular weight excluding hydrogens is 542 g/mol. The molecule has 14 N–H and O–H groups in total. The molecule has 1 aliphatic carbocycles. The third kappa shape index (κ3) is 8.12. The fraction of sp³-hybridized carbons (Fsp3) is 1.00. The topological polar surface area (TPSA) is 257 Å². The molecule has 3 rings (SSSR count). The van der Waals surface area contributed by atoms with Crippen molar-refractivity contribution in [2.45, 2.75) is 98.4 Å². The molecule has 2 saturated heterocycles. The fourth-order valence-corrected chi connectivity index (χ4v) is 5.94. The van der Waals surface area contributed by atoms with Crippen molar-refractivity contribution >= 4 is 24.4 Å². The summed E-state index contributed by atoms with van der Waals surface area (Å²) in [6, 6.07) is -3.10. The van der Waals surface area contributed by atoms with Gasteiger partial charge >= 0.3 is 0 Å². The van der Waals surface area contributed by atoms with E-state index in [1.165, 1.54) is 11.8 Å². The maximum atomic E-state index is 11.2. The number of aliphatic hydroxyl groups excluding tert-OH is 4. The second-order valence-electron chi connectivity index (χ2n) is 10.0. The summed E-state index contributed by atoms with van der Waals surface area (Å²) in [4.78, 5) is 0. The smallest absolute Gasteiger partial charge is 0.186 e. The zero-order valence-corrected chi connectivity index (χ0v) is 23.0. The minimum atomic E-state index is -1.37. The Morgan fingerprint density at radius 1 is 0.789 bits per heavy atom. The van der Waals surface area contributed by atoms with Crippen molar-refractivity contribution in [3.63, 3.8) is 0 Å². The summed E-state index contributed by atoms with van der Waals surface area (Å²) in [6.07, 6.45) is -9.88. The van der Waals surface area contributed by atoms with Crippen LogP contribution in [0.15, 0.2) is 0 Å². The Kier molecular flexibility index (Phi) is 13.2. The van der Waals surface area contributed by atoms with Crippen LogP contribution >= 0.6 is 24.4 Å². The Morgan fingerprint density at radius 3 is 2.05 bits per heavy atom. The van der Waals surface area contributed by atoms with E-state index in [2.05, 4.69) is 12.6 Å². The highest BCUT2D eigenvalue weighted by Gasteiger charge is 2.50. The first-order chi connectivity index (χ1) is 18.1. The molecule has 0 bridgehead atoms. The molecule has 0 radical (unpaired) electrons. The molecule has 3 fully saturated rings. The van der Waals surface area contributed by atoms with Crippen LogP contribution in [0.3, 0.4) is 0 Å².